The number of benzene rings is 1. The van der Waals surface area contributed by atoms with Crippen molar-refractivity contribution >= 4 is 61.9 Å². The number of nitrogens with one attached hydrogen (secondary N) is 2. The molecule has 0 saturated carbocycles. The highest BCUT2D eigenvalue weighted by Crippen LogP contribution is 2.44. The van der Waals surface area contributed by atoms with E-state index in [9.17, 15) is 4.79 Å². The summed E-state index contributed by atoms with van der Waals surface area (Å²) >= 11 is 11.0. The number of pyridine rings is 1. The predicted octanol–water partition coefficient (Wildman–Crippen LogP) is 5.74. The second-order valence-corrected chi connectivity index (χ2v) is 9.31. The summed E-state index contributed by atoms with van der Waals surface area (Å²) in [4.78, 5) is 19.7. The number of rotatable bonds is 5. The van der Waals surface area contributed by atoms with E-state index in [0.717, 1.165) is 27.1 Å². The standard InChI is InChI=1S/C22H21BrN4OS2/c1-3-19(28)25-16-8-7-15(10-13(16)2)27-21(18-11-14(23)12-30-18)20(26-22(27)29)17-6-4-5-9-24-17/h4-12,20-21H,3H2,1-2H3,(H,25,28)(H,26,29). The Hall–Kier alpha value is -2.29. The number of nitrogens with zero attached hydrogens (tertiary/aromatic N) is 2. The van der Waals surface area contributed by atoms with Gasteiger partial charge in [-0.1, -0.05) is 13.0 Å². The Labute approximate surface area is 193 Å². The Balaban J connectivity index is 1.74. The summed E-state index contributed by atoms with van der Waals surface area (Å²) < 4.78 is 1.05. The number of thiophene rings is 1. The fraction of sp³-hybridized carbons (Fsp3) is 0.227. The monoisotopic (exact) mass is 500 g/mol. The van der Waals surface area contributed by atoms with Crippen molar-refractivity contribution in [2.75, 3.05) is 10.2 Å². The van der Waals surface area contributed by atoms with Gasteiger partial charge in [-0.15, -0.1) is 11.3 Å². The number of thiocarbonyl (C=S) groups is 1. The minimum Gasteiger partial charge on any atom is -0.351 e. The predicted molar refractivity (Wildman–Crippen MR) is 130 cm³/mol. The minimum atomic E-state index is -0.0657. The number of amides is 1. The molecule has 0 bridgehead atoms. The van der Waals surface area contributed by atoms with Crippen LogP contribution >= 0.6 is 39.5 Å². The fourth-order valence-corrected chi connectivity index (χ4v) is 5.50. The SMILES string of the molecule is CCC(=O)Nc1ccc(N2C(=S)NC(c3ccccn3)C2c2cc(Br)cs2)cc1C. The van der Waals surface area contributed by atoms with E-state index >= 15 is 0 Å². The van der Waals surface area contributed by atoms with Crippen molar-refractivity contribution < 1.29 is 4.79 Å². The summed E-state index contributed by atoms with van der Waals surface area (Å²) in [7, 11) is 0. The maximum absolute atomic E-state index is 11.8. The van der Waals surface area contributed by atoms with E-state index in [1.807, 2.05) is 44.2 Å². The summed E-state index contributed by atoms with van der Waals surface area (Å²) in [5.41, 5.74) is 3.73. The first-order chi connectivity index (χ1) is 14.5. The zero-order chi connectivity index (χ0) is 21.3. The molecule has 1 saturated heterocycles. The van der Waals surface area contributed by atoms with Crippen LogP contribution in [0.15, 0.2) is 58.5 Å². The van der Waals surface area contributed by atoms with Gasteiger partial charge < -0.3 is 15.5 Å². The highest BCUT2D eigenvalue weighted by atomic mass is 79.9. The third kappa shape index (κ3) is 4.12. The molecule has 1 aliphatic heterocycles. The van der Waals surface area contributed by atoms with Crippen molar-refractivity contribution in [3.63, 3.8) is 0 Å². The van der Waals surface area contributed by atoms with E-state index in [0.29, 0.717) is 11.5 Å². The van der Waals surface area contributed by atoms with Crippen LogP contribution in [0, 0.1) is 6.92 Å². The van der Waals surface area contributed by atoms with Crippen LogP contribution in [-0.4, -0.2) is 16.0 Å². The van der Waals surface area contributed by atoms with E-state index in [1.165, 1.54) is 4.88 Å². The molecule has 1 amide bonds. The smallest absolute Gasteiger partial charge is 0.224 e. The Bertz CT molecular complexity index is 1090. The van der Waals surface area contributed by atoms with E-state index in [-0.39, 0.29) is 18.0 Å². The Morgan fingerprint density at radius 3 is 2.80 bits per heavy atom. The first kappa shape index (κ1) is 21.0. The molecular formula is C22H21BrN4OS2. The van der Waals surface area contributed by atoms with Crippen LogP contribution in [0.3, 0.4) is 0 Å². The molecule has 0 spiro atoms. The number of carbonyl (C=O) groups is 1. The van der Waals surface area contributed by atoms with Gasteiger partial charge in [-0.2, -0.15) is 0 Å². The van der Waals surface area contributed by atoms with E-state index in [1.54, 1.807) is 17.5 Å². The molecule has 4 rings (SSSR count). The Morgan fingerprint density at radius 2 is 2.17 bits per heavy atom. The summed E-state index contributed by atoms with van der Waals surface area (Å²) in [5.74, 6) is 0.000684. The molecule has 2 N–H and O–H groups in total. The molecule has 3 aromatic rings. The van der Waals surface area contributed by atoms with Gasteiger partial charge in [-0.05, 0) is 77.0 Å². The molecule has 0 radical (unpaired) electrons. The van der Waals surface area contributed by atoms with Crippen LogP contribution in [0.2, 0.25) is 0 Å². The molecule has 2 atom stereocenters. The largest absolute Gasteiger partial charge is 0.351 e. The van der Waals surface area contributed by atoms with E-state index in [2.05, 4.69) is 54.0 Å². The lowest BCUT2D eigenvalue weighted by Gasteiger charge is -2.27. The number of halogens is 1. The normalized spacial score (nSPS) is 18.4. The maximum atomic E-state index is 11.8. The van der Waals surface area contributed by atoms with E-state index < -0.39 is 0 Å². The number of aromatic nitrogens is 1. The van der Waals surface area contributed by atoms with Gasteiger partial charge in [0.25, 0.3) is 0 Å². The van der Waals surface area contributed by atoms with Crippen LogP contribution in [-0.2, 0) is 4.79 Å². The molecular weight excluding hydrogens is 480 g/mol. The number of hydrogen-bond acceptors (Lipinski definition) is 4. The number of aryl methyl sites for hydroxylation is 1. The van der Waals surface area contributed by atoms with Gasteiger partial charge in [-0.25, -0.2) is 0 Å². The number of hydrogen-bond donors (Lipinski definition) is 2. The van der Waals surface area contributed by atoms with Gasteiger partial charge in [0.05, 0.1) is 17.8 Å². The lowest BCUT2D eigenvalue weighted by atomic mass is 10.0. The highest BCUT2D eigenvalue weighted by molar-refractivity contribution is 9.10. The molecule has 30 heavy (non-hydrogen) atoms. The molecule has 3 heterocycles. The van der Waals surface area contributed by atoms with Gasteiger partial charge in [0.2, 0.25) is 5.91 Å². The zero-order valence-corrected chi connectivity index (χ0v) is 19.8. The van der Waals surface area contributed by atoms with Crippen molar-refractivity contribution in [1.82, 2.24) is 10.3 Å². The summed E-state index contributed by atoms with van der Waals surface area (Å²) in [6.07, 6.45) is 2.25. The van der Waals surface area contributed by atoms with Gasteiger partial charge in [0.1, 0.15) is 0 Å². The van der Waals surface area contributed by atoms with Crippen LogP contribution in [0.1, 0.15) is 41.6 Å². The molecule has 1 aromatic carbocycles. The van der Waals surface area contributed by atoms with Gasteiger partial charge in [0, 0.05) is 38.7 Å². The third-order valence-corrected chi connectivity index (χ3v) is 7.14. The Morgan fingerprint density at radius 1 is 1.33 bits per heavy atom. The molecule has 2 unspecified atom stereocenters. The van der Waals surface area contributed by atoms with Crippen LogP contribution in [0.5, 0.6) is 0 Å². The van der Waals surface area contributed by atoms with Crippen molar-refractivity contribution in [3.05, 3.63) is 74.6 Å². The van der Waals surface area contributed by atoms with Crippen molar-refractivity contribution in [2.24, 2.45) is 0 Å². The molecule has 8 heteroatoms. The molecule has 0 aliphatic carbocycles. The lowest BCUT2D eigenvalue weighted by molar-refractivity contribution is -0.115. The Kier molecular flexibility index (Phi) is 6.17. The molecule has 154 valence electrons. The van der Waals surface area contributed by atoms with Gasteiger partial charge in [0.15, 0.2) is 5.11 Å². The quantitative estimate of drug-likeness (QED) is 0.437. The summed E-state index contributed by atoms with van der Waals surface area (Å²) in [5, 5.41) is 9.16. The number of carbonyl (C=O) groups excluding carboxylic acids is 1. The lowest BCUT2D eigenvalue weighted by Crippen LogP contribution is -2.29. The maximum Gasteiger partial charge on any atom is 0.224 e. The van der Waals surface area contributed by atoms with E-state index in [4.69, 9.17) is 12.2 Å². The van der Waals surface area contributed by atoms with Crippen LogP contribution in [0.4, 0.5) is 11.4 Å². The van der Waals surface area contributed by atoms with Crippen molar-refractivity contribution in [1.29, 1.82) is 0 Å². The van der Waals surface area contributed by atoms with Gasteiger partial charge >= 0.3 is 0 Å². The molecule has 1 aliphatic rings. The zero-order valence-electron chi connectivity index (χ0n) is 16.6. The van der Waals surface area contributed by atoms with Crippen LogP contribution < -0.4 is 15.5 Å². The minimum absolute atomic E-state index is 0.000684. The first-order valence-electron chi connectivity index (χ1n) is 9.63. The van der Waals surface area contributed by atoms with Crippen LogP contribution in [0.25, 0.3) is 0 Å². The first-order valence-corrected chi connectivity index (χ1v) is 11.7. The molecule has 5 nitrogen and oxygen atoms in total. The molecule has 1 fully saturated rings. The van der Waals surface area contributed by atoms with Crippen molar-refractivity contribution in [2.45, 2.75) is 32.4 Å². The average molecular weight is 501 g/mol. The second-order valence-electron chi connectivity index (χ2n) is 7.06. The highest BCUT2D eigenvalue weighted by Gasteiger charge is 2.41. The molecule has 2 aromatic heterocycles. The topological polar surface area (TPSA) is 57.3 Å². The fourth-order valence-electron chi connectivity index (χ4n) is 3.58. The van der Waals surface area contributed by atoms with Crippen molar-refractivity contribution in [3.8, 4) is 0 Å². The third-order valence-electron chi connectivity index (χ3n) is 5.06. The second kappa shape index (κ2) is 8.83. The average Bonchev–Trinajstić information content (AvgIpc) is 3.32. The summed E-state index contributed by atoms with van der Waals surface area (Å²) in [6.45, 7) is 3.84. The number of anilines is 2. The summed E-state index contributed by atoms with van der Waals surface area (Å²) in [6, 6.07) is 14.0. The van der Waals surface area contributed by atoms with Gasteiger partial charge in [-0.3, -0.25) is 9.78 Å².